The minimum Gasteiger partial charge on any atom is -0.458 e. The fourth-order valence-corrected chi connectivity index (χ4v) is 3.32. The molecule has 5 heteroatoms. The fourth-order valence-electron chi connectivity index (χ4n) is 3.32. The van der Waals surface area contributed by atoms with Crippen molar-refractivity contribution in [2.24, 2.45) is 0 Å². The van der Waals surface area contributed by atoms with Crippen LogP contribution in [0.15, 0.2) is 36.4 Å². The molecule has 1 N–H and O–H groups in total. The number of pyridine rings is 1. The third kappa shape index (κ3) is 4.61. The van der Waals surface area contributed by atoms with E-state index in [1.54, 1.807) is 18.2 Å². The van der Waals surface area contributed by atoms with Crippen molar-refractivity contribution in [1.82, 2.24) is 4.98 Å². The number of rotatable bonds is 4. The van der Waals surface area contributed by atoms with Gasteiger partial charge in [0.05, 0.1) is 18.2 Å². The Labute approximate surface area is 158 Å². The molecule has 0 unspecified atom stereocenters. The number of aliphatic hydroxyl groups is 1. The number of aliphatic hydroxyl groups excluding tert-OH is 1. The zero-order valence-corrected chi connectivity index (χ0v) is 15.8. The van der Waals surface area contributed by atoms with Crippen LogP contribution in [0.25, 0.3) is 17.2 Å². The molecule has 0 spiro atoms. The molecule has 0 amide bonds. The first-order chi connectivity index (χ1) is 12.8. The second kappa shape index (κ2) is 8.01. The molecule has 1 aliphatic rings. The molecular formula is C22H24FNO3. The summed E-state index contributed by atoms with van der Waals surface area (Å²) in [6, 6.07) is 8.34. The van der Waals surface area contributed by atoms with Gasteiger partial charge in [0, 0.05) is 17.7 Å². The van der Waals surface area contributed by atoms with Gasteiger partial charge < -0.3 is 9.84 Å². The number of esters is 1. The van der Waals surface area contributed by atoms with Gasteiger partial charge in [-0.25, -0.2) is 4.39 Å². The Kier molecular flexibility index (Phi) is 5.71. The first-order valence-corrected chi connectivity index (χ1v) is 9.16. The molecule has 1 saturated heterocycles. The second-order valence-electron chi connectivity index (χ2n) is 7.25. The first kappa shape index (κ1) is 19.2. The van der Waals surface area contributed by atoms with Crippen LogP contribution in [0.4, 0.5) is 4.39 Å². The van der Waals surface area contributed by atoms with E-state index in [4.69, 9.17) is 4.74 Å². The molecule has 4 nitrogen and oxygen atoms in total. The third-order valence-electron chi connectivity index (χ3n) is 4.59. The summed E-state index contributed by atoms with van der Waals surface area (Å²) >= 11 is 0. The number of carbonyl (C=O) groups is 1. The summed E-state index contributed by atoms with van der Waals surface area (Å²) in [5.41, 5.74) is 4.57. The summed E-state index contributed by atoms with van der Waals surface area (Å²) in [4.78, 5) is 16.3. The van der Waals surface area contributed by atoms with Gasteiger partial charge in [-0.2, -0.15) is 0 Å². The number of carbonyl (C=O) groups excluding carboxylic acids is 1. The third-order valence-corrected chi connectivity index (χ3v) is 4.59. The molecule has 1 fully saturated rings. The molecule has 27 heavy (non-hydrogen) atoms. The van der Waals surface area contributed by atoms with E-state index in [9.17, 15) is 14.3 Å². The normalized spacial score (nSPS) is 20.3. The van der Waals surface area contributed by atoms with E-state index < -0.39 is 18.2 Å². The number of cyclic esters (lactones) is 1. The lowest BCUT2D eigenvalue weighted by Crippen LogP contribution is -2.31. The monoisotopic (exact) mass is 369 g/mol. The van der Waals surface area contributed by atoms with Gasteiger partial charge in [0.1, 0.15) is 11.9 Å². The quantitative estimate of drug-likeness (QED) is 0.812. The first-order valence-electron chi connectivity index (χ1n) is 9.16. The van der Waals surface area contributed by atoms with Crippen molar-refractivity contribution in [2.75, 3.05) is 0 Å². The van der Waals surface area contributed by atoms with Gasteiger partial charge in [0.25, 0.3) is 0 Å². The number of nitrogens with zero attached hydrogens (tertiary/aromatic N) is 1. The lowest BCUT2D eigenvalue weighted by molar-refractivity contribution is -0.156. The smallest absolute Gasteiger partial charge is 0.309 e. The largest absolute Gasteiger partial charge is 0.458 e. The highest BCUT2D eigenvalue weighted by atomic mass is 19.1. The molecule has 2 heterocycles. The number of benzene rings is 1. The Hall–Kier alpha value is -2.53. The molecule has 0 saturated carbocycles. The van der Waals surface area contributed by atoms with Crippen LogP contribution in [0.3, 0.4) is 0 Å². The predicted octanol–water partition coefficient (Wildman–Crippen LogP) is 4.40. The average Bonchev–Trinajstić information content (AvgIpc) is 2.59. The topological polar surface area (TPSA) is 59.4 Å². The van der Waals surface area contributed by atoms with Crippen molar-refractivity contribution in [2.45, 2.75) is 51.7 Å². The van der Waals surface area contributed by atoms with E-state index in [2.05, 4.69) is 18.8 Å². The van der Waals surface area contributed by atoms with Crippen LogP contribution in [0.2, 0.25) is 0 Å². The molecule has 1 aliphatic heterocycles. The Morgan fingerprint density at radius 1 is 1.30 bits per heavy atom. The number of aryl methyl sites for hydroxylation is 1. The molecular weight excluding hydrogens is 345 g/mol. The highest BCUT2D eigenvalue weighted by molar-refractivity contribution is 5.77. The van der Waals surface area contributed by atoms with Crippen molar-refractivity contribution < 1.29 is 19.0 Å². The van der Waals surface area contributed by atoms with Gasteiger partial charge in [-0.1, -0.05) is 32.1 Å². The SMILES string of the molecule is Cc1cc(-c2ccc(F)cc2)c(C=C[C@H]2C[C@H](O)CC(=O)O2)c(C(C)C)n1. The van der Waals surface area contributed by atoms with E-state index >= 15 is 0 Å². The van der Waals surface area contributed by atoms with E-state index in [0.29, 0.717) is 6.42 Å². The van der Waals surface area contributed by atoms with Crippen LogP contribution in [-0.4, -0.2) is 28.3 Å². The summed E-state index contributed by atoms with van der Waals surface area (Å²) in [6.45, 7) is 6.07. The van der Waals surface area contributed by atoms with Crippen molar-refractivity contribution in [3.8, 4) is 11.1 Å². The minimum absolute atomic E-state index is 0.0362. The van der Waals surface area contributed by atoms with Crippen molar-refractivity contribution in [3.05, 3.63) is 59.2 Å². The molecule has 0 radical (unpaired) electrons. The summed E-state index contributed by atoms with van der Waals surface area (Å²) in [5, 5.41) is 9.80. The van der Waals surface area contributed by atoms with Crippen LogP contribution >= 0.6 is 0 Å². The number of ether oxygens (including phenoxy) is 1. The number of hydrogen-bond acceptors (Lipinski definition) is 4. The van der Waals surface area contributed by atoms with Gasteiger partial charge in [-0.3, -0.25) is 9.78 Å². The second-order valence-corrected chi connectivity index (χ2v) is 7.25. The Morgan fingerprint density at radius 2 is 2.00 bits per heavy atom. The Balaban J connectivity index is 2.05. The van der Waals surface area contributed by atoms with Crippen LogP contribution in [-0.2, 0) is 9.53 Å². The van der Waals surface area contributed by atoms with Crippen molar-refractivity contribution in [1.29, 1.82) is 0 Å². The highest BCUT2D eigenvalue weighted by Crippen LogP contribution is 2.32. The maximum atomic E-state index is 13.4. The number of halogens is 1. The molecule has 1 aromatic heterocycles. The fraction of sp³-hybridized carbons (Fsp3) is 0.364. The highest BCUT2D eigenvalue weighted by Gasteiger charge is 2.25. The molecule has 1 aromatic carbocycles. The summed E-state index contributed by atoms with van der Waals surface area (Å²) < 4.78 is 18.7. The maximum absolute atomic E-state index is 13.4. The molecule has 0 aliphatic carbocycles. The molecule has 0 bridgehead atoms. The molecule has 2 atom stereocenters. The van der Waals surface area contributed by atoms with Crippen molar-refractivity contribution >= 4 is 12.0 Å². The maximum Gasteiger partial charge on any atom is 0.309 e. The van der Waals surface area contributed by atoms with Crippen molar-refractivity contribution in [3.63, 3.8) is 0 Å². The molecule has 3 rings (SSSR count). The zero-order valence-electron chi connectivity index (χ0n) is 15.8. The Bertz CT molecular complexity index is 859. The zero-order chi connectivity index (χ0) is 19.6. The summed E-state index contributed by atoms with van der Waals surface area (Å²) in [6.07, 6.45) is 2.96. The van der Waals surface area contributed by atoms with Crippen LogP contribution < -0.4 is 0 Å². The summed E-state index contributed by atoms with van der Waals surface area (Å²) in [7, 11) is 0. The van der Waals surface area contributed by atoms with Gasteiger partial charge in [0.2, 0.25) is 0 Å². The van der Waals surface area contributed by atoms with E-state index in [-0.39, 0.29) is 18.2 Å². The van der Waals surface area contributed by atoms with Crippen LogP contribution in [0.1, 0.15) is 49.6 Å². The molecule has 142 valence electrons. The van der Waals surface area contributed by atoms with Gasteiger partial charge in [-0.05, 0) is 48.2 Å². The average molecular weight is 369 g/mol. The summed E-state index contributed by atoms with van der Waals surface area (Å²) in [5.74, 6) is -0.495. The van der Waals surface area contributed by atoms with Gasteiger partial charge >= 0.3 is 5.97 Å². The standard InChI is InChI=1S/C22H24FNO3/c1-13(2)22-19(9-8-18-11-17(25)12-21(26)27-18)20(10-14(3)24-22)15-4-6-16(23)7-5-15/h4-10,13,17-18,25H,11-12H2,1-3H3/t17-,18-/m0/s1. The van der Waals surface area contributed by atoms with Crippen LogP contribution in [0.5, 0.6) is 0 Å². The molecule has 2 aromatic rings. The number of aromatic nitrogens is 1. The van der Waals surface area contributed by atoms with Crippen LogP contribution in [0, 0.1) is 12.7 Å². The minimum atomic E-state index is -0.682. The van der Waals surface area contributed by atoms with E-state index in [0.717, 1.165) is 28.1 Å². The number of hydrogen-bond donors (Lipinski definition) is 1. The van der Waals surface area contributed by atoms with E-state index in [1.165, 1.54) is 12.1 Å². The van der Waals surface area contributed by atoms with Gasteiger partial charge in [-0.15, -0.1) is 0 Å². The Morgan fingerprint density at radius 3 is 2.63 bits per heavy atom. The lowest BCUT2D eigenvalue weighted by Gasteiger charge is -2.24. The van der Waals surface area contributed by atoms with Gasteiger partial charge in [0.15, 0.2) is 0 Å². The predicted molar refractivity (Wildman–Crippen MR) is 103 cm³/mol. The van der Waals surface area contributed by atoms with E-state index in [1.807, 2.05) is 19.1 Å². The lowest BCUT2D eigenvalue weighted by atomic mass is 9.92.